The summed E-state index contributed by atoms with van der Waals surface area (Å²) in [7, 11) is -1.12. The third-order valence-electron chi connectivity index (χ3n) is 2.99. The lowest BCUT2D eigenvalue weighted by molar-refractivity contribution is 0.0136. The molecule has 6 heteroatoms. The molecule has 1 atom stereocenters. The number of nitrogens with zero attached hydrogens (tertiary/aromatic N) is 1. The highest BCUT2D eigenvalue weighted by molar-refractivity contribution is 7.90. The summed E-state index contributed by atoms with van der Waals surface area (Å²) >= 11 is -1.21. The van der Waals surface area contributed by atoms with Crippen LogP contribution in [0.25, 0.3) is 0 Å². The molecule has 4 nitrogen and oxygen atoms in total. The molecular formula is C14H33NO3SSi. The fourth-order valence-electron chi connectivity index (χ4n) is 1.38. The minimum atomic E-state index is -1.21. The van der Waals surface area contributed by atoms with Crippen LogP contribution in [0, 0.1) is 0 Å². The van der Waals surface area contributed by atoms with Crippen molar-refractivity contribution in [3.05, 3.63) is 0 Å². The number of hydrogen-bond donors (Lipinski definition) is 1. The van der Waals surface area contributed by atoms with Gasteiger partial charge in [-0.1, -0.05) is 23.9 Å². The molecule has 0 aliphatic heterocycles. The van der Waals surface area contributed by atoms with Gasteiger partial charge in [0.2, 0.25) is 0 Å². The van der Waals surface area contributed by atoms with Gasteiger partial charge in [0, 0.05) is 26.0 Å². The predicted molar refractivity (Wildman–Crippen MR) is 89.9 cm³/mol. The Labute approximate surface area is 129 Å². The first-order chi connectivity index (χ1) is 8.81. The number of rotatable bonds is 8. The van der Waals surface area contributed by atoms with E-state index in [-0.39, 0.29) is 11.4 Å². The molecule has 0 aromatic rings. The fourth-order valence-corrected chi connectivity index (χ4v) is 3.48. The first kappa shape index (κ1) is 20.4. The van der Waals surface area contributed by atoms with Gasteiger partial charge in [-0.25, -0.2) is 0 Å². The van der Waals surface area contributed by atoms with Crippen molar-refractivity contribution in [3.8, 4) is 0 Å². The van der Waals surface area contributed by atoms with E-state index in [1.165, 1.54) is 0 Å². The topological polar surface area (TPSA) is 55.8 Å². The lowest BCUT2D eigenvalue weighted by atomic mass is 10.1. The second-order valence-electron chi connectivity index (χ2n) is 8.06. The third-order valence-corrected chi connectivity index (χ3v) is 6.74. The van der Waals surface area contributed by atoms with E-state index in [1.54, 1.807) is 4.31 Å². The Morgan fingerprint density at radius 1 is 1.15 bits per heavy atom. The van der Waals surface area contributed by atoms with Crippen molar-refractivity contribution in [1.29, 1.82) is 0 Å². The number of aliphatic hydroxyl groups is 1. The molecule has 0 bridgehead atoms. The molecule has 0 aliphatic rings. The van der Waals surface area contributed by atoms with E-state index in [1.807, 2.05) is 34.6 Å². The van der Waals surface area contributed by atoms with Gasteiger partial charge in [0.05, 0.1) is 12.1 Å². The summed E-state index contributed by atoms with van der Waals surface area (Å²) in [5, 5.41) is 9.54. The van der Waals surface area contributed by atoms with E-state index in [4.69, 9.17) is 4.74 Å². The molecule has 0 amide bonds. The smallest absolute Gasteiger partial charge is 0.143 e. The van der Waals surface area contributed by atoms with Gasteiger partial charge >= 0.3 is 0 Å². The van der Waals surface area contributed by atoms with Crippen LogP contribution in [0.3, 0.4) is 0 Å². The summed E-state index contributed by atoms with van der Waals surface area (Å²) in [6.07, 6.45) is 0. The van der Waals surface area contributed by atoms with Crippen molar-refractivity contribution in [2.24, 2.45) is 0 Å². The highest BCUT2D eigenvalue weighted by Gasteiger charge is 2.42. The molecule has 0 aromatic heterocycles. The van der Waals surface area contributed by atoms with Crippen molar-refractivity contribution in [1.82, 2.24) is 4.31 Å². The van der Waals surface area contributed by atoms with Crippen LogP contribution in [0.1, 0.15) is 34.6 Å². The Morgan fingerprint density at radius 3 is 2.00 bits per heavy atom. The van der Waals surface area contributed by atoms with Crippen molar-refractivity contribution < 1.29 is 14.4 Å². The molecule has 0 aromatic carbocycles. The van der Waals surface area contributed by atoms with E-state index in [0.717, 1.165) is 6.04 Å². The lowest BCUT2D eigenvalue weighted by Gasteiger charge is -2.40. The second-order valence-corrected chi connectivity index (χ2v) is 15.8. The van der Waals surface area contributed by atoms with E-state index in [9.17, 15) is 9.66 Å². The van der Waals surface area contributed by atoms with Crippen LogP contribution in [0.5, 0.6) is 0 Å². The maximum absolute atomic E-state index is 12.6. The van der Waals surface area contributed by atoms with Gasteiger partial charge in [-0.2, -0.15) is 0 Å². The fraction of sp³-hybridized carbons (Fsp3) is 1.00. The van der Waals surface area contributed by atoms with Crippen LogP contribution in [0.15, 0.2) is 0 Å². The Kier molecular flexibility index (Phi) is 7.76. The Balaban J connectivity index is 4.65. The van der Waals surface area contributed by atoms with Crippen molar-refractivity contribution >= 4 is 19.4 Å². The first-order valence-corrected chi connectivity index (χ1v) is 12.0. The molecule has 0 radical (unpaired) electrons. The van der Waals surface area contributed by atoms with Crippen LogP contribution in [0.2, 0.25) is 25.7 Å². The second kappa shape index (κ2) is 7.60. The summed E-state index contributed by atoms with van der Waals surface area (Å²) in [6, 6.07) is 1.09. The molecule has 0 heterocycles. The molecule has 0 saturated carbocycles. The third kappa shape index (κ3) is 7.43. The first-order valence-electron chi connectivity index (χ1n) is 7.19. The SMILES string of the molecule is CC(C)(CO)N(COCC[Si](C)(C)C)[S+]([O-])C(C)(C)C. The van der Waals surface area contributed by atoms with Crippen LogP contribution >= 0.6 is 0 Å². The summed E-state index contributed by atoms with van der Waals surface area (Å²) in [5.74, 6) is 0. The molecule has 0 saturated heterocycles. The molecule has 20 heavy (non-hydrogen) atoms. The molecular weight excluding hydrogens is 290 g/mol. The summed E-state index contributed by atoms with van der Waals surface area (Å²) < 4.78 is 19.7. The van der Waals surface area contributed by atoms with Gasteiger partial charge in [0.1, 0.15) is 11.5 Å². The molecule has 122 valence electrons. The molecule has 0 aliphatic carbocycles. The van der Waals surface area contributed by atoms with Crippen LogP contribution in [0.4, 0.5) is 0 Å². The molecule has 1 unspecified atom stereocenters. The average molecular weight is 324 g/mol. The normalized spacial score (nSPS) is 15.8. The van der Waals surface area contributed by atoms with Gasteiger partial charge in [-0.3, -0.25) is 0 Å². The number of hydrogen-bond acceptors (Lipinski definition) is 4. The van der Waals surface area contributed by atoms with Crippen LogP contribution in [-0.2, 0) is 16.1 Å². The average Bonchev–Trinajstić information content (AvgIpc) is 2.25. The summed E-state index contributed by atoms with van der Waals surface area (Å²) in [4.78, 5) is 0. The van der Waals surface area contributed by atoms with Gasteiger partial charge in [-0.05, 0) is 40.7 Å². The van der Waals surface area contributed by atoms with Crippen molar-refractivity contribution in [2.75, 3.05) is 19.9 Å². The Hall–Kier alpha value is 0.407. The minimum absolute atomic E-state index is 0.0494. The summed E-state index contributed by atoms with van der Waals surface area (Å²) in [6.45, 7) is 17.4. The number of ether oxygens (including phenoxy) is 1. The van der Waals surface area contributed by atoms with E-state index in [0.29, 0.717) is 13.3 Å². The molecule has 1 N–H and O–H groups in total. The molecule has 0 rings (SSSR count). The van der Waals surface area contributed by atoms with Crippen LogP contribution in [-0.4, -0.2) is 52.3 Å². The van der Waals surface area contributed by atoms with Crippen molar-refractivity contribution in [2.45, 2.75) is 70.6 Å². The summed E-state index contributed by atoms with van der Waals surface area (Å²) in [5.41, 5.74) is -0.558. The van der Waals surface area contributed by atoms with E-state index >= 15 is 0 Å². The Bertz CT molecular complexity index is 287. The zero-order chi connectivity index (χ0) is 16.2. The van der Waals surface area contributed by atoms with Crippen LogP contribution < -0.4 is 0 Å². The lowest BCUT2D eigenvalue weighted by Crippen LogP contribution is -2.55. The number of aliphatic hydroxyl groups excluding tert-OH is 1. The standard InChI is InChI=1S/C14H33NO3SSi/c1-13(2,3)19(17)15(14(4,5)11-16)12-18-9-10-20(6,7)8/h16H,9-12H2,1-8H3. The van der Waals surface area contributed by atoms with Gasteiger partial charge in [0.15, 0.2) is 0 Å². The molecule has 0 spiro atoms. The van der Waals surface area contributed by atoms with E-state index < -0.39 is 25.0 Å². The zero-order valence-electron chi connectivity index (χ0n) is 14.4. The predicted octanol–water partition coefficient (Wildman–Crippen LogP) is 2.83. The monoisotopic (exact) mass is 323 g/mol. The maximum Gasteiger partial charge on any atom is 0.143 e. The highest BCUT2D eigenvalue weighted by atomic mass is 32.2. The van der Waals surface area contributed by atoms with Gasteiger partial charge < -0.3 is 14.4 Å². The largest absolute Gasteiger partial charge is 0.597 e. The van der Waals surface area contributed by atoms with E-state index in [2.05, 4.69) is 19.6 Å². The van der Waals surface area contributed by atoms with Crippen molar-refractivity contribution in [3.63, 3.8) is 0 Å². The quantitative estimate of drug-likeness (QED) is 0.323. The van der Waals surface area contributed by atoms with Gasteiger partial charge in [-0.15, -0.1) is 0 Å². The molecule has 0 fully saturated rings. The zero-order valence-corrected chi connectivity index (χ0v) is 16.3. The maximum atomic E-state index is 12.6. The minimum Gasteiger partial charge on any atom is -0.597 e. The Morgan fingerprint density at radius 2 is 1.65 bits per heavy atom. The highest BCUT2D eigenvalue weighted by Crippen LogP contribution is 2.27. The van der Waals surface area contributed by atoms with Gasteiger partial charge in [0.25, 0.3) is 0 Å².